The summed E-state index contributed by atoms with van der Waals surface area (Å²) in [7, 11) is -2.65. The Kier molecular flexibility index (Phi) is 12.4. The van der Waals surface area contributed by atoms with Crippen LogP contribution in [0, 0.1) is 5.41 Å². The van der Waals surface area contributed by atoms with Crippen molar-refractivity contribution >= 4 is 56.9 Å². The van der Waals surface area contributed by atoms with Crippen LogP contribution in [0.25, 0.3) is 10.8 Å². The van der Waals surface area contributed by atoms with Gasteiger partial charge >= 0.3 is 5.97 Å². The fourth-order valence-electron chi connectivity index (χ4n) is 4.79. The van der Waals surface area contributed by atoms with Gasteiger partial charge in [-0.1, -0.05) is 43.7 Å². The molecule has 1 heterocycles. The number of piperidine rings is 1. The number of amides is 2. The molecule has 5 N–H and O–H groups in total. The van der Waals surface area contributed by atoms with Crippen molar-refractivity contribution in [2.45, 2.75) is 56.0 Å². The molecule has 0 bridgehead atoms. The Morgan fingerprint density at radius 1 is 1.15 bits per heavy atom. The van der Waals surface area contributed by atoms with E-state index in [1.807, 2.05) is 19.1 Å². The lowest BCUT2D eigenvalue weighted by atomic mass is 10.0. The van der Waals surface area contributed by atoms with Gasteiger partial charge in [-0.3, -0.25) is 19.8 Å². The summed E-state index contributed by atoms with van der Waals surface area (Å²) in [6, 6.07) is 10.1. The Labute approximate surface area is 246 Å². The molecule has 1 aliphatic rings. The van der Waals surface area contributed by atoms with Crippen LogP contribution < -0.4 is 10.5 Å². The molecule has 12 nitrogen and oxygen atoms in total. The number of nitrogens with one attached hydrogen (secondary N) is 2. The van der Waals surface area contributed by atoms with Crippen LogP contribution in [0.3, 0.4) is 0 Å². The molecule has 1 fully saturated rings. The zero-order valence-electron chi connectivity index (χ0n) is 23.3. The lowest BCUT2D eigenvalue weighted by molar-refractivity contribution is -0.146. The smallest absolute Gasteiger partial charge is 0.323 e. The SMILES string of the molecule is CCCCN(CC(=O)O)C(=O)[C@H](CC(=O)N(C)C1CCN(C(=N)N)CC1)NS(=O)(=O)c1ccc2ccccc2c1.Cl. The van der Waals surface area contributed by atoms with Crippen molar-refractivity contribution in [2.24, 2.45) is 5.73 Å². The van der Waals surface area contributed by atoms with E-state index >= 15 is 0 Å². The third kappa shape index (κ3) is 9.03. The van der Waals surface area contributed by atoms with Crippen LogP contribution in [0.2, 0.25) is 0 Å². The second kappa shape index (κ2) is 15.0. The third-order valence-corrected chi connectivity index (χ3v) is 8.64. The molecule has 2 aromatic carbocycles. The van der Waals surface area contributed by atoms with E-state index in [2.05, 4.69) is 4.72 Å². The topological polar surface area (TPSA) is 177 Å². The molecule has 0 aromatic heterocycles. The number of nitrogens with two attached hydrogens (primary N) is 1. The van der Waals surface area contributed by atoms with Crippen LogP contribution in [0.5, 0.6) is 0 Å². The monoisotopic (exact) mass is 610 g/mol. The largest absolute Gasteiger partial charge is 0.480 e. The van der Waals surface area contributed by atoms with E-state index in [0.717, 1.165) is 10.3 Å². The molecular weight excluding hydrogens is 572 g/mol. The number of guanidine groups is 1. The van der Waals surface area contributed by atoms with E-state index in [-0.39, 0.29) is 35.8 Å². The normalized spacial score (nSPS) is 14.6. The van der Waals surface area contributed by atoms with Crippen molar-refractivity contribution in [3.63, 3.8) is 0 Å². The molecule has 2 aromatic rings. The molecule has 0 saturated carbocycles. The van der Waals surface area contributed by atoms with Crippen LogP contribution in [-0.2, 0) is 24.4 Å². The number of nitrogens with zero attached hydrogens (tertiary/aromatic N) is 3. The number of fused-ring (bicyclic) bond motifs is 1. The van der Waals surface area contributed by atoms with Gasteiger partial charge in [0.2, 0.25) is 21.8 Å². The number of halogens is 1. The molecule has 226 valence electrons. The molecular formula is C27H39ClN6O6S. The summed E-state index contributed by atoms with van der Waals surface area (Å²) >= 11 is 0. The molecule has 14 heteroatoms. The second-order valence-electron chi connectivity index (χ2n) is 10.0. The maximum Gasteiger partial charge on any atom is 0.323 e. The van der Waals surface area contributed by atoms with E-state index in [1.165, 1.54) is 17.0 Å². The number of sulfonamides is 1. The highest BCUT2D eigenvalue weighted by Gasteiger charge is 2.34. The Morgan fingerprint density at radius 2 is 1.78 bits per heavy atom. The predicted octanol–water partition coefficient (Wildman–Crippen LogP) is 1.83. The summed E-state index contributed by atoms with van der Waals surface area (Å²) in [6.45, 7) is 2.39. The number of carboxylic acid groups (broad SMARTS) is 1. The van der Waals surface area contributed by atoms with Gasteiger partial charge in [-0.25, -0.2) is 8.42 Å². The van der Waals surface area contributed by atoms with Crippen LogP contribution in [0.4, 0.5) is 0 Å². The Balaban J connectivity index is 0.00000588. The number of rotatable bonds is 12. The second-order valence-corrected chi connectivity index (χ2v) is 11.7. The number of benzene rings is 2. The minimum absolute atomic E-state index is 0. The van der Waals surface area contributed by atoms with Crippen molar-refractivity contribution in [3.05, 3.63) is 42.5 Å². The van der Waals surface area contributed by atoms with E-state index < -0.39 is 46.8 Å². The standard InChI is InChI=1S/C27H38N6O6S.ClH/c1-3-4-13-33(18-25(35)36)26(37)23(17-24(34)31(2)21-11-14-32(15-12-21)27(28)29)30-40(38,39)22-10-9-19-7-5-6-8-20(19)16-22;/h5-10,16,21,23,30H,3-4,11-15,17-18H2,1-2H3,(H3,28,29)(H,35,36);1H/t23-;/m0./s1. The first-order chi connectivity index (χ1) is 18.9. The summed E-state index contributed by atoms with van der Waals surface area (Å²) in [4.78, 5) is 42.7. The zero-order valence-corrected chi connectivity index (χ0v) is 24.9. The van der Waals surface area contributed by atoms with Gasteiger partial charge in [-0.2, -0.15) is 4.72 Å². The van der Waals surface area contributed by atoms with Gasteiger partial charge in [0.1, 0.15) is 12.6 Å². The van der Waals surface area contributed by atoms with Crippen LogP contribution in [-0.4, -0.2) is 97.3 Å². The van der Waals surface area contributed by atoms with Gasteiger partial charge in [0.15, 0.2) is 5.96 Å². The van der Waals surface area contributed by atoms with Crippen LogP contribution in [0.1, 0.15) is 39.0 Å². The van der Waals surface area contributed by atoms with Crippen molar-refractivity contribution in [3.8, 4) is 0 Å². The Hall–Kier alpha value is -3.42. The average molecular weight is 611 g/mol. The molecule has 0 spiro atoms. The molecule has 1 atom stereocenters. The van der Waals surface area contributed by atoms with Crippen molar-refractivity contribution in [1.29, 1.82) is 5.41 Å². The summed E-state index contributed by atoms with van der Waals surface area (Å²) in [5, 5.41) is 18.5. The Bertz CT molecular complexity index is 1350. The first-order valence-corrected chi connectivity index (χ1v) is 14.8. The lowest BCUT2D eigenvalue weighted by Gasteiger charge is -2.37. The van der Waals surface area contributed by atoms with E-state index in [0.29, 0.717) is 44.2 Å². The number of likely N-dealkylation sites (tertiary alicyclic amines) is 1. The number of hydrogen-bond acceptors (Lipinski definition) is 6. The predicted molar refractivity (Wildman–Crippen MR) is 158 cm³/mol. The number of carbonyl (C=O) groups is 3. The van der Waals surface area contributed by atoms with Crippen LogP contribution >= 0.6 is 12.4 Å². The average Bonchev–Trinajstić information content (AvgIpc) is 2.93. The zero-order chi connectivity index (χ0) is 29.4. The summed E-state index contributed by atoms with van der Waals surface area (Å²) in [5.41, 5.74) is 5.56. The van der Waals surface area contributed by atoms with E-state index in [4.69, 9.17) is 11.1 Å². The first kappa shape index (κ1) is 33.8. The van der Waals surface area contributed by atoms with Crippen molar-refractivity contribution in [2.75, 3.05) is 33.2 Å². The van der Waals surface area contributed by atoms with Crippen LogP contribution in [0.15, 0.2) is 47.4 Å². The Morgan fingerprint density at radius 3 is 2.37 bits per heavy atom. The number of hydrogen-bond donors (Lipinski definition) is 4. The van der Waals surface area contributed by atoms with Gasteiger partial charge < -0.3 is 25.5 Å². The van der Waals surface area contributed by atoms with Gasteiger partial charge in [0, 0.05) is 32.7 Å². The summed E-state index contributed by atoms with van der Waals surface area (Å²) < 4.78 is 29.3. The maximum atomic E-state index is 13.6. The highest BCUT2D eigenvalue weighted by atomic mass is 35.5. The molecule has 0 aliphatic carbocycles. The highest BCUT2D eigenvalue weighted by Crippen LogP contribution is 2.21. The molecule has 1 aliphatic heterocycles. The lowest BCUT2D eigenvalue weighted by Crippen LogP contribution is -2.53. The minimum Gasteiger partial charge on any atom is -0.480 e. The maximum absolute atomic E-state index is 13.6. The molecule has 0 unspecified atom stereocenters. The number of aliphatic carboxylic acids is 1. The van der Waals surface area contributed by atoms with E-state index in [9.17, 15) is 27.9 Å². The molecule has 3 rings (SSSR count). The van der Waals surface area contributed by atoms with Crippen molar-refractivity contribution in [1.82, 2.24) is 19.4 Å². The minimum atomic E-state index is -4.25. The molecule has 1 saturated heterocycles. The number of carbonyl (C=O) groups excluding carboxylic acids is 2. The van der Waals surface area contributed by atoms with Gasteiger partial charge in [-0.05, 0) is 42.2 Å². The highest BCUT2D eigenvalue weighted by molar-refractivity contribution is 7.89. The van der Waals surface area contributed by atoms with E-state index in [1.54, 1.807) is 30.1 Å². The number of carboxylic acids is 1. The van der Waals surface area contributed by atoms with Gasteiger partial charge in [-0.15, -0.1) is 12.4 Å². The fraction of sp³-hybridized carbons (Fsp3) is 0.481. The molecule has 2 amide bonds. The fourth-order valence-corrected chi connectivity index (χ4v) is 6.01. The summed E-state index contributed by atoms with van der Waals surface area (Å²) in [6.07, 6.45) is 1.86. The number of unbranched alkanes of at least 4 members (excludes halogenated alkanes) is 1. The molecule has 0 radical (unpaired) electrons. The third-order valence-electron chi connectivity index (χ3n) is 7.17. The molecule has 41 heavy (non-hydrogen) atoms. The quantitative estimate of drug-likeness (QED) is 0.208. The summed E-state index contributed by atoms with van der Waals surface area (Å²) in [5.74, 6) is -2.49. The first-order valence-electron chi connectivity index (χ1n) is 13.3. The van der Waals surface area contributed by atoms with Gasteiger partial charge in [0.05, 0.1) is 11.3 Å². The van der Waals surface area contributed by atoms with Crippen molar-refractivity contribution < 1.29 is 27.9 Å². The van der Waals surface area contributed by atoms with Gasteiger partial charge in [0.25, 0.3) is 0 Å².